The van der Waals surface area contributed by atoms with Crippen molar-refractivity contribution in [3.63, 3.8) is 0 Å². The normalized spacial score (nSPS) is 18.2. The largest absolute Gasteiger partial charge is 0.482 e. The van der Waals surface area contributed by atoms with Crippen LogP contribution >= 0.6 is 0 Å². The lowest BCUT2D eigenvalue weighted by Gasteiger charge is -2.31. The molecule has 3 atom stereocenters. The Hall–Kier alpha value is -3.80. The van der Waals surface area contributed by atoms with Crippen LogP contribution in [0, 0.1) is 0 Å². The Morgan fingerprint density at radius 1 is 0.833 bits per heavy atom. The van der Waals surface area contributed by atoms with E-state index in [-0.39, 0.29) is 0 Å². The summed E-state index contributed by atoms with van der Waals surface area (Å²) < 4.78 is 17.2. The number of nitrogens with one attached hydrogen (secondary N) is 1. The van der Waals surface area contributed by atoms with Crippen molar-refractivity contribution in [1.82, 2.24) is 0 Å². The fourth-order valence-corrected chi connectivity index (χ4v) is 3.19. The van der Waals surface area contributed by atoms with Crippen LogP contribution in [0.2, 0.25) is 0 Å². The van der Waals surface area contributed by atoms with E-state index in [9.17, 15) is 9.59 Å². The van der Waals surface area contributed by atoms with Gasteiger partial charge in [0.2, 0.25) is 12.2 Å². The van der Waals surface area contributed by atoms with Crippen molar-refractivity contribution < 1.29 is 23.8 Å². The van der Waals surface area contributed by atoms with Crippen LogP contribution in [0.3, 0.4) is 0 Å². The van der Waals surface area contributed by atoms with E-state index in [1.165, 1.54) is 0 Å². The maximum Gasteiger partial charge on any atom is 0.352 e. The van der Waals surface area contributed by atoms with Gasteiger partial charge >= 0.3 is 5.97 Å². The molecule has 3 aromatic rings. The summed E-state index contributed by atoms with van der Waals surface area (Å²) in [4.78, 5) is 25.9. The molecule has 30 heavy (non-hydrogen) atoms. The smallest absolute Gasteiger partial charge is 0.352 e. The number of amides is 1. The summed E-state index contributed by atoms with van der Waals surface area (Å²) in [6.07, 6.45) is -2.69. The molecule has 1 amide bonds. The summed E-state index contributed by atoms with van der Waals surface area (Å²) in [6.45, 7) is 1.73. The minimum atomic E-state index is -1.13. The fourth-order valence-electron chi connectivity index (χ4n) is 3.19. The van der Waals surface area contributed by atoms with Gasteiger partial charge in [-0.25, -0.2) is 4.79 Å². The number of anilines is 1. The molecule has 1 N–H and O–H groups in total. The standard InChI is InChI=1S/C24H21NO5/c1-16-21(29-20-15-9-8-14-19(20)28-16)24(27)30-22(17-10-4-2-5-11-17)23(26)25-18-12-6-3-7-13-18/h2-16,21-22H,1H3,(H,25,26)/t16-,21-,22-/m0/s1. The second kappa shape index (κ2) is 8.69. The van der Waals surface area contributed by atoms with E-state index in [0.717, 1.165) is 0 Å². The Balaban J connectivity index is 1.54. The van der Waals surface area contributed by atoms with Crippen LogP contribution in [0.15, 0.2) is 84.9 Å². The third-order valence-electron chi connectivity index (χ3n) is 4.69. The topological polar surface area (TPSA) is 73.9 Å². The predicted molar refractivity (Wildman–Crippen MR) is 111 cm³/mol. The van der Waals surface area contributed by atoms with Crippen molar-refractivity contribution in [2.24, 2.45) is 0 Å². The van der Waals surface area contributed by atoms with Crippen molar-refractivity contribution in [3.05, 3.63) is 90.5 Å². The van der Waals surface area contributed by atoms with Gasteiger partial charge in [0.05, 0.1) is 0 Å². The van der Waals surface area contributed by atoms with Gasteiger partial charge in [0.1, 0.15) is 6.10 Å². The Morgan fingerprint density at radius 2 is 1.40 bits per heavy atom. The molecule has 0 fully saturated rings. The molecule has 0 spiro atoms. The Morgan fingerprint density at radius 3 is 2.07 bits per heavy atom. The molecular formula is C24H21NO5. The summed E-state index contributed by atoms with van der Waals surface area (Å²) in [5.74, 6) is -0.0994. The average molecular weight is 403 g/mol. The molecule has 0 bridgehead atoms. The van der Waals surface area contributed by atoms with Gasteiger partial charge < -0.3 is 19.5 Å². The number of esters is 1. The van der Waals surface area contributed by atoms with E-state index in [1.54, 1.807) is 61.5 Å². The van der Waals surface area contributed by atoms with E-state index in [0.29, 0.717) is 22.7 Å². The van der Waals surface area contributed by atoms with E-state index >= 15 is 0 Å². The molecule has 6 heteroatoms. The maximum atomic E-state index is 13.0. The highest BCUT2D eigenvalue weighted by Crippen LogP contribution is 2.34. The number of para-hydroxylation sites is 3. The first kappa shape index (κ1) is 19.5. The van der Waals surface area contributed by atoms with E-state index < -0.39 is 30.2 Å². The van der Waals surface area contributed by atoms with Gasteiger partial charge in [0.15, 0.2) is 11.5 Å². The highest BCUT2D eigenvalue weighted by atomic mass is 16.6. The van der Waals surface area contributed by atoms with Crippen LogP contribution in [0.1, 0.15) is 18.6 Å². The summed E-state index contributed by atoms with van der Waals surface area (Å²) in [5.41, 5.74) is 1.17. The molecule has 152 valence electrons. The maximum absolute atomic E-state index is 13.0. The van der Waals surface area contributed by atoms with Crippen LogP contribution in [0.4, 0.5) is 5.69 Å². The fraction of sp³-hybridized carbons (Fsp3) is 0.167. The lowest BCUT2D eigenvalue weighted by Crippen LogP contribution is -2.45. The average Bonchev–Trinajstić information content (AvgIpc) is 2.78. The lowest BCUT2D eigenvalue weighted by molar-refractivity contribution is -0.166. The van der Waals surface area contributed by atoms with Crippen LogP contribution in [-0.4, -0.2) is 24.1 Å². The molecule has 1 aliphatic heterocycles. The predicted octanol–water partition coefficient (Wildman–Crippen LogP) is 4.14. The van der Waals surface area contributed by atoms with Gasteiger partial charge in [-0.2, -0.15) is 0 Å². The first-order chi connectivity index (χ1) is 14.6. The van der Waals surface area contributed by atoms with Gasteiger partial charge in [0.25, 0.3) is 5.91 Å². The zero-order valence-electron chi connectivity index (χ0n) is 16.4. The minimum absolute atomic E-state index is 0.453. The van der Waals surface area contributed by atoms with Gasteiger partial charge in [0, 0.05) is 11.3 Å². The molecule has 0 saturated carbocycles. The molecule has 0 aromatic heterocycles. The van der Waals surface area contributed by atoms with Crippen molar-refractivity contribution >= 4 is 17.6 Å². The number of hydrogen-bond acceptors (Lipinski definition) is 5. The monoisotopic (exact) mass is 403 g/mol. The second-order valence-electron chi connectivity index (χ2n) is 6.89. The molecule has 6 nitrogen and oxygen atoms in total. The number of hydrogen-bond donors (Lipinski definition) is 1. The van der Waals surface area contributed by atoms with Gasteiger partial charge in [-0.1, -0.05) is 60.7 Å². The second-order valence-corrected chi connectivity index (χ2v) is 6.89. The number of ether oxygens (including phenoxy) is 3. The van der Waals surface area contributed by atoms with Crippen LogP contribution in [-0.2, 0) is 14.3 Å². The molecular weight excluding hydrogens is 382 g/mol. The van der Waals surface area contributed by atoms with E-state index in [1.807, 2.05) is 30.3 Å². The summed E-state index contributed by atoms with van der Waals surface area (Å²) in [5, 5.41) is 2.79. The highest BCUT2D eigenvalue weighted by molar-refractivity contribution is 5.96. The molecule has 0 saturated heterocycles. The number of rotatable bonds is 5. The molecule has 0 unspecified atom stereocenters. The Kier molecular flexibility index (Phi) is 5.66. The van der Waals surface area contributed by atoms with Crippen molar-refractivity contribution in [3.8, 4) is 11.5 Å². The van der Waals surface area contributed by atoms with E-state index in [2.05, 4.69) is 5.32 Å². The molecule has 3 aromatic carbocycles. The van der Waals surface area contributed by atoms with E-state index in [4.69, 9.17) is 14.2 Å². The molecule has 0 aliphatic carbocycles. The molecule has 1 aliphatic rings. The number of benzene rings is 3. The molecule has 1 heterocycles. The van der Waals surface area contributed by atoms with Crippen LogP contribution in [0.5, 0.6) is 11.5 Å². The number of carbonyl (C=O) groups is 2. The third-order valence-corrected chi connectivity index (χ3v) is 4.69. The number of fused-ring (bicyclic) bond motifs is 1. The van der Waals surface area contributed by atoms with Crippen molar-refractivity contribution in [1.29, 1.82) is 0 Å². The molecule has 0 radical (unpaired) electrons. The lowest BCUT2D eigenvalue weighted by atomic mass is 10.1. The summed E-state index contributed by atoms with van der Waals surface area (Å²) in [6, 6.07) is 25.0. The highest BCUT2D eigenvalue weighted by Gasteiger charge is 2.38. The zero-order valence-corrected chi connectivity index (χ0v) is 16.4. The van der Waals surface area contributed by atoms with Gasteiger partial charge in [-0.3, -0.25) is 4.79 Å². The summed E-state index contributed by atoms with van der Waals surface area (Å²) >= 11 is 0. The van der Waals surface area contributed by atoms with Crippen molar-refractivity contribution in [2.45, 2.75) is 25.2 Å². The van der Waals surface area contributed by atoms with Crippen molar-refractivity contribution in [2.75, 3.05) is 5.32 Å². The third kappa shape index (κ3) is 4.27. The van der Waals surface area contributed by atoms with Gasteiger partial charge in [-0.15, -0.1) is 0 Å². The zero-order chi connectivity index (χ0) is 20.9. The van der Waals surface area contributed by atoms with Crippen LogP contribution < -0.4 is 14.8 Å². The number of carbonyl (C=O) groups excluding carboxylic acids is 2. The Labute approximate surface area is 174 Å². The summed E-state index contributed by atoms with van der Waals surface area (Å²) in [7, 11) is 0. The quantitative estimate of drug-likeness (QED) is 0.648. The first-order valence-electron chi connectivity index (χ1n) is 9.65. The minimum Gasteiger partial charge on any atom is -0.482 e. The van der Waals surface area contributed by atoms with Gasteiger partial charge in [-0.05, 0) is 31.2 Å². The SMILES string of the molecule is C[C@@H]1Oc2ccccc2O[C@@H]1C(=O)O[C@H](C(=O)Nc1ccccc1)c1ccccc1. The Bertz CT molecular complexity index is 1020. The van der Waals surface area contributed by atoms with Crippen LogP contribution in [0.25, 0.3) is 0 Å². The first-order valence-corrected chi connectivity index (χ1v) is 9.65. The molecule has 4 rings (SSSR count).